The molecule has 2 aromatic carbocycles. The number of hydrogen-bond acceptors (Lipinski definition) is 5. The minimum Gasteiger partial charge on any atom is -0.319 e. The first kappa shape index (κ1) is 22.0. The second kappa shape index (κ2) is 8.38. The summed E-state index contributed by atoms with van der Waals surface area (Å²) in [4.78, 5) is 41.9. The van der Waals surface area contributed by atoms with Gasteiger partial charge in [0.1, 0.15) is 12.1 Å². The number of anilines is 1. The van der Waals surface area contributed by atoms with Crippen LogP contribution < -0.4 is 10.2 Å². The normalized spacial score (nSPS) is 24.4. The van der Waals surface area contributed by atoms with Gasteiger partial charge in [-0.2, -0.15) is 0 Å². The van der Waals surface area contributed by atoms with Gasteiger partial charge in [0.15, 0.2) is 9.84 Å². The number of nitrogens with zero attached hydrogens (tertiary/aromatic N) is 2. The molecule has 0 unspecified atom stereocenters. The molecule has 2 fully saturated rings. The molecule has 0 bridgehead atoms. The molecule has 4 amide bonds. The highest BCUT2D eigenvalue weighted by Gasteiger charge is 2.52. The van der Waals surface area contributed by atoms with Crippen LogP contribution in [-0.2, 0) is 25.0 Å². The van der Waals surface area contributed by atoms with Crippen LogP contribution in [-0.4, -0.2) is 55.3 Å². The second-order valence-corrected chi connectivity index (χ2v) is 10.3. The largest absolute Gasteiger partial charge is 0.325 e. The van der Waals surface area contributed by atoms with E-state index >= 15 is 0 Å². The van der Waals surface area contributed by atoms with Crippen LogP contribution in [0, 0.1) is 0 Å². The standard InChI is InChI=1S/C23H25N3O5S/c1-2-23(17-9-5-3-6-10-17)21(28)25(22(29)24-23)15-20(27)26(18-11-7-4-8-12-18)19-13-14-32(30,31)16-19/h3-12,19H,2,13-16H2,1H3,(H,24,29)/t19-,23-/m0/s1. The molecule has 4 rings (SSSR count). The number of hydrogen-bond donors (Lipinski definition) is 1. The Balaban J connectivity index is 1.62. The lowest BCUT2D eigenvalue weighted by atomic mass is 9.87. The number of para-hydroxylation sites is 1. The van der Waals surface area contributed by atoms with Crippen molar-refractivity contribution in [2.75, 3.05) is 23.0 Å². The summed E-state index contributed by atoms with van der Waals surface area (Å²) in [6, 6.07) is 16.5. The molecule has 0 saturated carbocycles. The summed E-state index contributed by atoms with van der Waals surface area (Å²) < 4.78 is 24.1. The first-order valence-electron chi connectivity index (χ1n) is 10.5. The summed E-state index contributed by atoms with van der Waals surface area (Å²) in [6.07, 6.45) is 0.640. The topological polar surface area (TPSA) is 104 Å². The average Bonchev–Trinajstić information content (AvgIpc) is 3.26. The Morgan fingerprint density at radius 3 is 2.28 bits per heavy atom. The molecule has 2 aliphatic rings. The van der Waals surface area contributed by atoms with Crippen LogP contribution in [0.3, 0.4) is 0 Å². The van der Waals surface area contributed by atoms with Crippen LogP contribution in [0.2, 0.25) is 0 Å². The minimum atomic E-state index is -3.24. The van der Waals surface area contributed by atoms with Crippen molar-refractivity contribution >= 4 is 33.4 Å². The molecule has 2 heterocycles. The zero-order valence-corrected chi connectivity index (χ0v) is 18.5. The molecule has 1 N–H and O–H groups in total. The Labute approximate surface area is 187 Å². The van der Waals surface area contributed by atoms with E-state index in [0.717, 1.165) is 4.90 Å². The van der Waals surface area contributed by atoms with Gasteiger partial charge in [0.25, 0.3) is 5.91 Å². The highest BCUT2D eigenvalue weighted by Crippen LogP contribution is 2.33. The lowest BCUT2D eigenvalue weighted by Gasteiger charge is -2.30. The van der Waals surface area contributed by atoms with Gasteiger partial charge >= 0.3 is 6.03 Å². The van der Waals surface area contributed by atoms with Crippen molar-refractivity contribution in [1.82, 2.24) is 10.2 Å². The van der Waals surface area contributed by atoms with Crippen LogP contribution in [0.1, 0.15) is 25.3 Å². The molecule has 2 aliphatic heterocycles. The Kier molecular flexibility index (Phi) is 5.77. The van der Waals surface area contributed by atoms with E-state index in [9.17, 15) is 22.8 Å². The first-order valence-corrected chi connectivity index (χ1v) is 12.4. The number of urea groups is 1. The number of nitrogens with one attached hydrogen (secondary N) is 1. The number of amides is 4. The van der Waals surface area contributed by atoms with Crippen LogP contribution >= 0.6 is 0 Å². The minimum absolute atomic E-state index is 0.00433. The van der Waals surface area contributed by atoms with Gasteiger partial charge < -0.3 is 10.2 Å². The number of rotatable bonds is 6. The first-order chi connectivity index (χ1) is 15.3. The molecule has 32 heavy (non-hydrogen) atoms. The predicted octanol–water partition coefficient (Wildman–Crippen LogP) is 2.06. The van der Waals surface area contributed by atoms with Gasteiger partial charge in [0, 0.05) is 5.69 Å². The average molecular weight is 456 g/mol. The maximum absolute atomic E-state index is 13.4. The van der Waals surface area contributed by atoms with Gasteiger partial charge in [0.2, 0.25) is 5.91 Å². The molecule has 2 saturated heterocycles. The lowest BCUT2D eigenvalue weighted by Crippen LogP contribution is -2.49. The molecule has 0 aliphatic carbocycles. The summed E-state index contributed by atoms with van der Waals surface area (Å²) in [5, 5.41) is 2.77. The van der Waals surface area contributed by atoms with Crippen molar-refractivity contribution in [3.8, 4) is 0 Å². The zero-order chi connectivity index (χ0) is 22.9. The lowest BCUT2D eigenvalue weighted by molar-refractivity contribution is -0.134. The highest BCUT2D eigenvalue weighted by atomic mass is 32.2. The van der Waals surface area contributed by atoms with Crippen molar-refractivity contribution in [2.45, 2.75) is 31.3 Å². The number of sulfone groups is 1. The fraction of sp³-hybridized carbons (Fsp3) is 0.348. The van der Waals surface area contributed by atoms with E-state index in [1.165, 1.54) is 4.90 Å². The van der Waals surface area contributed by atoms with Crippen LogP contribution in [0.4, 0.5) is 10.5 Å². The van der Waals surface area contributed by atoms with Gasteiger partial charge in [-0.3, -0.25) is 14.5 Å². The smallest absolute Gasteiger partial charge is 0.319 e. The third kappa shape index (κ3) is 3.88. The summed E-state index contributed by atoms with van der Waals surface area (Å²) in [5.74, 6) is -1.13. The summed E-state index contributed by atoms with van der Waals surface area (Å²) >= 11 is 0. The molecule has 2 aromatic rings. The van der Waals surface area contributed by atoms with Crippen molar-refractivity contribution in [3.63, 3.8) is 0 Å². The van der Waals surface area contributed by atoms with Gasteiger partial charge in [-0.05, 0) is 30.5 Å². The van der Waals surface area contributed by atoms with E-state index in [1.54, 1.807) is 61.5 Å². The Morgan fingerprint density at radius 1 is 1.09 bits per heavy atom. The van der Waals surface area contributed by atoms with E-state index < -0.39 is 45.8 Å². The number of imide groups is 1. The summed E-state index contributed by atoms with van der Waals surface area (Å²) in [5.41, 5.74) is -0.0403. The van der Waals surface area contributed by atoms with Crippen LogP contribution in [0.5, 0.6) is 0 Å². The molecular weight excluding hydrogens is 430 g/mol. The van der Waals surface area contributed by atoms with Gasteiger partial charge in [-0.1, -0.05) is 55.5 Å². The van der Waals surface area contributed by atoms with E-state index in [1.807, 2.05) is 6.07 Å². The SMILES string of the molecule is CC[C@@]1(c2ccccc2)NC(=O)N(CC(=O)N(c2ccccc2)[C@H]2CCS(=O)(=O)C2)C1=O. The van der Waals surface area contributed by atoms with Crippen molar-refractivity contribution in [3.05, 3.63) is 66.2 Å². The predicted molar refractivity (Wildman–Crippen MR) is 120 cm³/mol. The third-order valence-electron chi connectivity index (χ3n) is 6.14. The number of carbonyl (C=O) groups excluding carboxylic acids is 3. The van der Waals surface area contributed by atoms with E-state index in [2.05, 4.69) is 5.32 Å². The van der Waals surface area contributed by atoms with E-state index in [4.69, 9.17) is 0 Å². The number of benzene rings is 2. The fourth-order valence-electron chi connectivity index (χ4n) is 4.47. The van der Waals surface area contributed by atoms with Crippen LogP contribution in [0.15, 0.2) is 60.7 Å². The molecule has 0 aromatic heterocycles. The third-order valence-corrected chi connectivity index (χ3v) is 7.89. The van der Waals surface area contributed by atoms with E-state index in [0.29, 0.717) is 24.1 Å². The molecule has 9 heteroatoms. The maximum Gasteiger partial charge on any atom is 0.325 e. The Hall–Kier alpha value is -3.20. The molecular formula is C23H25N3O5S. The molecule has 8 nitrogen and oxygen atoms in total. The van der Waals surface area contributed by atoms with Gasteiger partial charge in [-0.25, -0.2) is 13.2 Å². The van der Waals surface area contributed by atoms with E-state index in [-0.39, 0.29) is 11.5 Å². The van der Waals surface area contributed by atoms with Crippen LogP contribution in [0.25, 0.3) is 0 Å². The zero-order valence-electron chi connectivity index (χ0n) is 17.7. The Morgan fingerprint density at radius 2 is 1.72 bits per heavy atom. The molecule has 0 radical (unpaired) electrons. The molecule has 0 spiro atoms. The monoisotopic (exact) mass is 455 g/mol. The van der Waals surface area contributed by atoms with Crippen molar-refractivity contribution < 1.29 is 22.8 Å². The quantitative estimate of drug-likeness (QED) is 0.672. The molecule has 2 atom stereocenters. The van der Waals surface area contributed by atoms with Gasteiger partial charge in [-0.15, -0.1) is 0 Å². The van der Waals surface area contributed by atoms with Crippen molar-refractivity contribution in [1.29, 1.82) is 0 Å². The van der Waals surface area contributed by atoms with Crippen molar-refractivity contribution in [2.24, 2.45) is 0 Å². The fourth-order valence-corrected chi connectivity index (χ4v) is 6.17. The van der Waals surface area contributed by atoms with Gasteiger partial charge in [0.05, 0.1) is 17.5 Å². The second-order valence-electron chi connectivity index (χ2n) is 8.10. The maximum atomic E-state index is 13.4. The molecule has 168 valence electrons. The Bertz CT molecular complexity index is 1140. The highest BCUT2D eigenvalue weighted by molar-refractivity contribution is 7.91. The summed E-state index contributed by atoms with van der Waals surface area (Å²) in [6.45, 7) is 1.33. The number of carbonyl (C=O) groups is 3. The summed E-state index contributed by atoms with van der Waals surface area (Å²) in [7, 11) is -3.24.